The second-order valence-electron chi connectivity index (χ2n) is 4.81. The van der Waals surface area contributed by atoms with E-state index in [1.807, 2.05) is 13.0 Å². The highest BCUT2D eigenvalue weighted by atomic mass is 16.3. The quantitative estimate of drug-likeness (QED) is 0.608. The first-order valence-corrected chi connectivity index (χ1v) is 6.00. The monoisotopic (exact) mass is 213 g/mol. The highest BCUT2D eigenvalue weighted by Gasteiger charge is 2.26. The molecular weight excluding hydrogens is 186 g/mol. The Morgan fingerprint density at radius 2 is 2.07 bits per heavy atom. The summed E-state index contributed by atoms with van der Waals surface area (Å²) in [5, 5.41) is 13.5. The molecule has 90 valence electrons. The molecule has 0 aliphatic rings. The summed E-state index contributed by atoms with van der Waals surface area (Å²) < 4.78 is 0. The van der Waals surface area contributed by atoms with Crippen LogP contribution in [-0.4, -0.2) is 23.3 Å². The molecule has 0 saturated heterocycles. The van der Waals surface area contributed by atoms with Crippen LogP contribution >= 0.6 is 0 Å². The number of aliphatic hydroxyl groups is 1. The van der Waals surface area contributed by atoms with E-state index in [9.17, 15) is 5.11 Å². The van der Waals surface area contributed by atoms with Crippen LogP contribution in [0.5, 0.6) is 0 Å². The summed E-state index contributed by atoms with van der Waals surface area (Å²) in [5.74, 6) is 0.330. The highest BCUT2D eigenvalue weighted by molar-refractivity contribution is 4.82. The predicted molar refractivity (Wildman–Crippen MR) is 67.0 cm³/mol. The lowest BCUT2D eigenvalue weighted by Crippen LogP contribution is -2.45. The molecule has 0 fully saturated rings. The van der Waals surface area contributed by atoms with Crippen LogP contribution in [0.15, 0.2) is 12.7 Å². The molecule has 0 spiro atoms. The van der Waals surface area contributed by atoms with Gasteiger partial charge in [-0.15, -0.1) is 6.58 Å². The largest absolute Gasteiger partial charge is 0.389 e. The zero-order chi connectivity index (χ0) is 11.9. The van der Waals surface area contributed by atoms with Gasteiger partial charge in [-0.05, 0) is 32.6 Å². The lowest BCUT2D eigenvalue weighted by molar-refractivity contribution is 0.00354. The lowest BCUT2D eigenvalue weighted by atomic mass is 9.88. The molecule has 0 aromatic rings. The molecule has 0 aromatic carbocycles. The van der Waals surface area contributed by atoms with Gasteiger partial charge in [0.1, 0.15) is 0 Å². The lowest BCUT2D eigenvalue weighted by Gasteiger charge is -2.31. The fraction of sp³-hybridized carbons (Fsp3) is 0.846. The Kier molecular flexibility index (Phi) is 6.86. The van der Waals surface area contributed by atoms with Crippen molar-refractivity contribution < 1.29 is 5.11 Å². The van der Waals surface area contributed by atoms with Crippen LogP contribution in [0, 0.1) is 5.92 Å². The topological polar surface area (TPSA) is 32.3 Å². The van der Waals surface area contributed by atoms with Crippen molar-refractivity contribution in [3.63, 3.8) is 0 Å². The minimum atomic E-state index is -0.600. The molecule has 0 aliphatic carbocycles. The summed E-state index contributed by atoms with van der Waals surface area (Å²) in [7, 11) is 0. The van der Waals surface area contributed by atoms with E-state index in [1.54, 1.807) is 0 Å². The zero-order valence-electron chi connectivity index (χ0n) is 10.7. The van der Waals surface area contributed by atoms with Gasteiger partial charge in [0.05, 0.1) is 5.60 Å². The van der Waals surface area contributed by atoms with Gasteiger partial charge in [-0.3, -0.25) is 0 Å². The Bertz CT molecular complexity index is 177. The summed E-state index contributed by atoms with van der Waals surface area (Å²) in [6.45, 7) is 12.6. The van der Waals surface area contributed by atoms with Gasteiger partial charge < -0.3 is 10.4 Å². The van der Waals surface area contributed by atoms with Crippen molar-refractivity contribution in [1.82, 2.24) is 5.32 Å². The maximum absolute atomic E-state index is 10.2. The van der Waals surface area contributed by atoms with E-state index in [1.165, 1.54) is 0 Å². The molecule has 0 rings (SSSR count). The average molecular weight is 213 g/mol. The first-order chi connectivity index (χ1) is 6.94. The molecule has 0 heterocycles. The van der Waals surface area contributed by atoms with Crippen LogP contribution in [0.2, 0.25) is 0 Å². The van der Waals surface area contributed by atoms with Crippen molar-refractivity contribution in [2.75, 3.05) is 6.54 Å². The molecule has 3 unspecified atom stereocenters. The van der Waals surface area contributed by atoms with E-state index in [0.717, 1.165) is 19.3 Å². The summed E-state index contributed by atoms with van der Waals surface area (Å²) in [5.41, 5.74) is -0.600. The standard InChI is InChI=1S/C13H27NO/c1-6-8-9-12(4)14-10-13(5,15)11(3)7-2/h6,11-12,14-15H,1,7-10H2,2-5H3. The summed E-state index contributed by atoms with van der Waals surface area (Å²) in [6.07, 6.45) is 5.06. The molecule has 0 saturated carbocycles. The van der Waals surface area contributed by atoms with Crippen molar-refractivity contribution in [2.24, 2.45) is 5.92 Å². The van der Waals surface area contributed by atoms with Gasteiger partial charge in [0.15, 0.2) is 0 Å². The first kappa shape index (κ1) is 14.7. The minimum Gasteiger partial charge on any atom is -0.389 e. The van der Waals surface area contributed by atoms with Gasteiger partial charge in [0.2, 0.25) is 0 Å². The first-order valence-electron chi connectivity index (χ1n) is 6.00. The van der Waals surface area contributed by atoms with E-state index < -0.39 is 5.60 Å². The molecule has 0 radical (unpaired) electrons. The second-order valence-corrected chi connectivity index (χ2v) is 4.81. The predicted octanol–water partition coefficient (Wildman–Crippen LogP) is 2.73. The molecule has 0 bridgehead atoms. The number of nitrogens with one attached hydrogen (secondary N) is 1. The van der Waals surface area contributed by atoms with Crippen LogP contribution < -0.4 is 5.32 Å². The number of allylic oxidation sites excluding steroid dienone is 1. The second kappa shape index (κ2) is 7.02. The van der Waals surface area contributed by atoms with Crippen LogP contribution in [-0.2, 0) is 0 Å². The summed E-state index contributed by atoms with van der Waals surface area (Å²) in [6, 6.07) is 0.443. The number of rotatable bonds is 8. The number of hydrogen-bond acceptors (Lipinski definition) is 2. The van der Waals surface area contributed by atoms with Gasteiger partial charge >= 0.3 is 0 Å². The smallest absolute Gasteiger partial charge is 0.0768 e. The number of hydrogen-bond donors (Lipinski definition) is 2. The average Bonchev–Trinajstić information content (AvgIpc) is 2.22. The maximum Gasteiger partial charge on any atom is 0.0768 e. The van der Waals surface area contributed by atoms with Gasteiger partial charge in [0.25, 0.3) is 0 Å². The van der Waals surface area contributed by atoms with Crippen LogP contribution in [0.25, 0.3) is 0 Å². The van der Waals surface area contributed by atoms with E-state index in [0.29, 0.717) is 18.5 Å². The molecule has 0 aliphatic heterocycles. The maximum atomic E-state index is 10.2. The van der Waals surface area contributed by atoms with Crippen molar-refractivity contribution in [2.45, 2.75) is 58.6 Å². The summed E-state index contributed by atoms with van der Waals surface area (Å²) in [4.78, 5) is 0. The van der Waals surface area contributed by atoms with Crippen LogP contribution in [0.3, 0.4) is 0 Å². The van der Waals surface area contributed by atoms with E-state index in [-0.39, 0.29) is 0 Å². The van der Waals surface area contributed by atoms with Crippen LogP contribution in [0.1, 0.15) is 47.0 Å². The minimum absolute atomic E-state index is 0.330. The van der Waals surface area contributed by atoms with E-state index in [2.05, 4.69) is 32.7 Å². The highest BCUT2D eigenvalue weighted by Crippen LogP contribution is 2.19. The molecule has 15 heavy (non-hydrogen) atoms. The molecule has 2 N–H and O–H groups in total. The third-order valence-electron chi connectivity index (χ3n) is 3.29. The fourth-order valence-corrected chi connectivity index (χ4v) is 1.46. The van der Waals surface area contributed by atoms with E-state index >= 15 is 0 Å². The molecule has 2 nitrogen and oxygen atoms in total. The summed E-state index contributed by atoms with van der Waals surface area (Å²) >= 11 is 0. The van der Waals surface area contributed by atoms with Crippen molar-refractivity contribution in [1.29, 1.82) is 0 Å². The van der Waals surface area contributed by atoms with Gasteiger partial charge in [-0.25, -0.2) is 0 Å². The molecule has 0 amide bonds. The fourth-order valence-electron chi connectivity index (χ4n) is 1.46. The van der Waals surface area contributed by atoms with Crippen molar-refractivity contribution >= 4 is 0 Å². The molecule has 0 aromatic heterocycles. The zero-order valence-corrected chi connectivity index (χ0v) is 10.7. The molecule has 3 atom stereocenters. The van der Waals surface area contributed by atoms with E-state index in [4.69, 9.17) is 0 Å². The van der Waals surface area contributed by atoms with Gasteiger partial charge in [-0.2, -0.15) is 0 Å². The molecule has 2 heteroatoms. The third-order valence-corrected chi connectivity index (χ3v) is 3.29. The van der Waals surface area contributed by atoms with Crippen LogP contribution in [0.4, 0.5) is 0 Å². The SMILES string of the molecule is C=CCCC(C)NCC(C)(O)C(C)CC. The Morgan fingerprint density at radius 1 is 1.47 bits per heavy atom. The normalized spacial score (nSPS) is 19.3. The Morgan fingerprint density at radius 3 is 2.53 bits per heavy atom. The Balaban J connectivity index is 3.86. The third kappa shape index (κ3) is 5.95. The Hall–Kier alpha value is -0.340. The molecular formula is C13H27NO. The van der Waals surface area contributed by atoms with Gasteiger partial charge in [0, 0.05) is 12.6 Å². The Labute approximate surface area is 94.8 Å². The van der Waals surface area contributed by atoms with Crippen molar-refractivity contribution in [3.8, 4) is 0 Å². The van der Waals surface area contributed by atoms with Gasteiger partial charge in [-0.1, -0.05) is 26.3 Å². The van der Waals surface area contributed by atoms with Crippen molar-refractivity contribution in [3.05, 3.63) is 12.7 Å².